The van der Waals surface area contributed by atoms with Crippen molar-refractivity contribution in [3.63, 3.8) is 0 Å². The van der Waals surface area contributed by atoms with E-state index in [0.29, 0.717) is 15.4 Å². The molecular formula is C30H27F7N6O5. The van der Waals surface area contributed by atoms with E-state index in [0.717, 1.165) is 56.6 Å². The molecule has 4 N–H and O–H groups in total. The molecule has 48 heavy (non-hydrogen) atoms. The molecule has 0 fully saturated rings. The summed E-state index contributed by atoms with van der Waals surface area (Å²) in [7, 11) is 2.13. The number of nitrogens with one attached hydrogen (secondary N) is 2. The van der Waals surface area contributed by atoms with E-state index in [1.807, 2.05) is 0 Å². The second-order valence-electron chi connectivity index (χ2n) is 10.9. The number of halogens is 7. The molecule has 0 aliphatic rings. The first-order valence-corrected chi connectivity index (χ1v) is 13.7. The first-order chi connectivity index (χ1) is 22.3. The number of hydrogen-bond acceptors (Lipinski definition) is 7. The van der Waals surface area contributed by atoms with Crippen molar-refractivity contribution in [2.24, 2.45) is 18.2 Å². The highest BCUT2D eigenvalue weighted by atomic mass is 19.4. The molecule has 0 saturated carbocycles. The standard InChI is InChI=1S/C30H27F7N6O5/c1-29(2,27(38)46)13-39-20-10-9-17(30(35,36)37)24(40-20)43-26(45)22(41-25(44)14-5-7-15(8-6-14)48-28(33)34)23(42(43)3)21-18(31)11-16(47-4)12-19(21)32/h5-12,28H,13H2,1-4H3,(H2,38,46)(H,39,40)(H,41,44). The molecule has 2 aromatic heterocycles. The minimum atomic E-state index is -5.11. The number of ether oxygens (including phenoxy) is 2. The fourth-order valence-electron chi connectivity index (χ4n) is 4.44. The van der Waals surface area contributed by atoms with Crippen molar-refractivity contribution in [2.75, 3.05) is 24.3 Å². The Balaban J connectivity index is 1.95. The van der Waals surface area contributed by atoms with Crippen molar-refractivity contribution >= 4 is 23.3 Å². The number of primary amides is 1. The van der Waals surface area contributed by atoms with Crippen molar-refractivity contribution in [3.05, 3.63) is 81.6 Å². The first kappa shape index (κ1) is 35.3. The van der Waals surface area contributed by atoms with Gasteiger partial charge in [-0.15, -0.1) is 0 Å². The van der Waals surface area contributed by atoms with Crippen molar-refractivity contribution in [2.45, 2.75) is 26.6 Å². The Labute approximate surface area is 267 Å². The molecule has 0 aliphatic carbocycles. The molecule has 0 bridgehead atoms. The number of carbonyl (C=O) groups is 2. The third-order valence-electron chi connectivity index (χ3n) is 7.09. The number of nitrogens with two attached hydrogens (primary N) is 1. The van der Waals surface area contributed by atoms with Gasteiger partial charge in [0.25, 0.3) is 11.5 Å². The van der Waals surface area contributed by atoms with Gasteiger partial charge in [-0.1, -0.05) is 0 Å². The molecule has 2 heterocycles. The molecular weight excluding hydrogens is 657 g/mol. The number of pyridine rings is 1. The Kier molecular flexibility index (Phi) is 9.77. The Morgan fingerprint density at radius 3 is 2.12 bits per heavy atom. The van der Waals surface area contributed by atoms with E-state index in [9.17, 15) is 36.3 Å². The van der Waals surface area contributed by atoms with Gasteiger partial charge in [0, 0.05) is 31.3 Å². The zero-order valence-electron chi connectivity index (χ0n) is 25.5. The highest BCUT2D eigenvalue weighted by Crippen LogP contribution is 2.37. The van der Waals surface area contributed by atoms with Gasteiger partial charge in [0.1, 0.15) is 45.9 Å². The quantitative estimate of drug-likeness (QED) is 0.182. The lowest BCUT2D eigenvalue weighted by molar-refractivity contribution is -0.137. The number of anilines is 2. The Morgan fingerprint density at radius 1 is 1.00 bits per heavy atom. The number of nitrogens with zero attached hydrogens (tertiary/aromatic N) is 3. The molecule has 0 atom stereocenters. The molecule has 0 unspecified atom stereocenters. The van der Waals surface area contributed by atoms with Crippen LogP contribution in [0.2, 0.25) is 0 Å². The summed E-state index contributed by atoms with van der Waals surface area (Å²) in [6.07, 6.45) is -5.11. The minimum Gasteiger partial charge on any atom is -0.497 e. The number of hydrogen-bond donors (Lipinski definition) is 3. The van der Waals surface area contributed by atoms with Crippen LogP contribution in [0.5, 0.6) is 11.5 Å². The van der Waals surface area contributed by atoms with Crippen molar-refractivity contribution in [3.8, 4) is 28.6 Å². The van der Waals surface area contributed by atoms with Gasteiger partial charge in [0.05, 0.1) is 18.1 Å². The SMILES string of the molecule is COc1cc(F)c(-c2c(NC(=O)c3ccc(OC(F)F)cc3)c(=O)n(-c3nc(NCC(C)(C)C(N)=O)ccc3C(F)(F)F)n2C)c(F)c1. The van der Waals surface area contributed by atoms with Crippen LogP contribution in [-0.2, 0) is 18.0 Å². The molecule has 0 saturated heterocycles. The van der Waals surface area contributed by atoms with E-state index in [4.69, 9.17) is 10.5 Å². The zero-order valence-corrected chi connectivity index (χ0v) is 25.5. The number of carbonyl (C=O) groups excluding carboxylic acids is 2. The molecule has 256 valence electrons. The zero-order chi connectivity index (χ0) is 35.7. The largest absolute Gasteiger partial charge is 0.497 e. The predicted molar refractivity (Wildman–Crippen MR) is 158 cm³/mol. The maximum atomic E-state index is 15.4. The van der Waals surface area contributed by atoms with E-state index >= 15 is 8.78 Å². The molecule has 11 nitrogen and oxygen atoms in total. The molecule has 0 aliphatic heterocycles. The third kappa shape index (κ3) is 7.21. The van der Waals surface area contributed by atoms with E-state index in [1.54, 1.807) is 0 Å². The average Bonchev–Trinajstić information content (AvgIpc) is 3.23. The van der Waals surface area contributed by atoms with Gasteiger partial charge in [-0.05, 0) is 50.2 Å². The fourth-order valence-corrected chi connectivity index (χ4v) is 4.44. The van der Waals surface area contributed by atoms with Gasteiger partial charge >= 0.3 is 12.8 Å². The summed E-state index contributed by atoms with van der Waals surface area (Å²) in [4.78, 5) is 42.8. The van der Waals surface area contributed by atoms with Crippen molar-refractivity contribution in [1.29, 1.82) is 0 Å². The Bertz CT molecular complexity index is 1900. The fraction of sp³-hybridized carbons (Fsp3) is 0.267. The van der Waals surface area contributed by atoms with Crippen LogP contribution >= 0.6 is 0 Å². The van der Waals surface area contributed by atoms with Crippen LogP contribution in [0.25, 0.3) is 17.1 Å². The topological polar surface area (TPSA) is 142 Å². The van der Waals surface area contributed by atoms with Gasteiger partial charge in [0.2, 0.25) is 5.91 Å². The van der Waals surface area contributed by atoms with Crippen LogP contribution in [0.1, 0.15) is 29.8 Å². The lowest BCUT2D eigenvalue weighted by Gasteiger charge is -2.22. The minimum absolute atomic E-state index is 0.182. The third-order valence-corrected chi connectivity index (χ3v) is 7.09. The van der Waals surface area contributed by atoms with E-state index in [1.165, 1.54) is 13.8 Å². The van der Waals surface area contributed by atoms with Crippen LogP contribution in [0.15, 0.2) is 53.3 Å². The molecule has 18 heteroatoms. The summed E-state index contributed by atoms with van der Waals surface area (Å²) in [5.74, 6) is -6.32. The molecule has 4 aromatic rings. The van der Waals surface area contributed by atoms with Gasteiger partial charge in [-0.25, -0.2) is 13.8 Å². The summed E-state index contributed by atoms with van der Waals surface area (Å²) >= 11 is 0. The number of benzene rings is 2. The van der Waals surface area contributed by atoms with E-state index in [-0.39, 0.29) is 29.4 Å². The normalized spacial score (nSPS) is 11.8. The lowest BCUT2D eigenvalue weighted by Crippen LogP contribution is -2.37. The monoisotopic (exact) mass is 684 g/mol. The maximum absolute atomic E-state index is 15.4. The van der Waals surface area contributed by atoms with Crippen molar-refractivity contribution < 1.29 is 49.8 Å². The highest BCUT2D eigenvalue weighted by Gasteiger charge is 2.38. The number of alkyl halides is 5. The van der Waals surface area contributed by atoms with Gasteiger partial charge in [-0.3, -0.25) is 19.1 Å². The van der Waals surface area contributed by atoms with Crippen LogP contribution < -0.4 is 31.4 Å². The van der Waals surface area contributed by atoms with Gasteiger partial charge in [0.15, 0.2) is 5.82 Å². The Morgan fingerprint density at radius 2 is 1.60 bits per heavy atom. The second kappa shape index (κ2) is 13.3. The number of amides is 2. The summed E-state index contributed by atoms with van der Waals surface area (Å²) in [6.45, 7) is -0.415. The number of methoxy groups -OCH3 is 1. The van der Waals surface area contributed by atoms with E-state index in [2.05, 4.69) is 20.4 Å². The molecule has 0 radical (unpaired) electrons. The van der Waals surface area contributed by atoms with Crippen LogP contribution in [-0.4, -0.2) is 46.4 Å². The summed E-state index contributed by atoms with van der Waals surface area (Å²) < 4.78 is 109. The highest BCUT2D eigenvalue weighted by molar-refractivity contribution is 6.06. The smallest absolute Gasteiger partial charge is 0.420 e. The average molecular weight is 685 g/mol. The molecule has 2 amide bonds. The Hall–Kier alpha value is -5.55. The predicted octanol–water partition coefficient (Wildman–Crippen LogP) is 5.32. The lowest BCUT2D eigenvalue weighted by atomic mass is 9.93. The van der Waals surface area contributed by atoms with Gasteiger partial charge < -0.3 is 25.8 Å². The van der Waals surface area contributed by atoms with Crippen LogP contribution in [0.3, 0.4) is 0 Å². The maximum Gasteiger partial charge on any atom is 0.420 e. The second-order valence-corrected chi connectivity index (χ2v) is 10.9. The summed E-state index contributed by atoms with van der Waals surface area (Å²) in [5.41, 5.74) is -1.37. The van der Waals surface area contributed by atoms with E-state index < -0.39 is 75.5 Å². The van der Waals surface area contributed by atoms with Crippen LogP contribution in [0, 0.1) is 17.0 Å². The van der Waals surface area contributed by atoms with Crippen LogP contribution in [0.4, 0.5) is 42.2 Å². The molecule has 0 spiro atoms. The number of rotatable bonds is 11. The van der Waals surface area contributed by atoms with Crippen molar-refractivity contribution in [1.82, 2.24) is 14.3 Å². The molecule has 2 aromatic carbocycles. The number of aromatic nitrogens is 3. The molecule has 4 rings (SSSR count). The summed E-state index contributed by atoms with van der Waals surface area (Å²) in [5, 5.41) is 4.86. The first-order valence-electron chi connectivity index (χ1n) is 13.7. The van der Waals surface area contributed by atoms with Gasteiger partial charge in [-0.2, -0.15) is 26.6 Å². The summed E-state index contributed by atoms with van der Waals surface area (Å²) in [6, 6.07) is 7.11.